The van der Waals surface area contributed by atoms with E-state index in [-0.39, 0.29) is 18.6 Å². The number of rotatable bonds is 12. The van der Waals surface area contributed by atoms with Gasteiger partial charge in [-0.05, 0) is 35.9 Å². The fourth-order valence-electron chi connectivity index (χ4n) is 4.96. The van der Waals surface area contributed by atoms with Crippen LogP contribution in [-0.4, -0.2) is 50.5 Å². The van der Waals surface area contributed by atoms with Gasteiger partial charge in [0.2, 0.25) is 0 Å². The Morgan fingerprint density at radius 3 is 2.21 bits per heavy atom. The Balaban J connectivity index is 2.86. The summed E-state index contributed by atoms with van der Waals surface area (Å²) in [4.78, 5) is 0. The third-order valence-corrected chi connectivity index (χ3v) is 12.7. The molecule has 0 saturated carbocycles. The van der Waals surface area contributed by atoms with E-state index in [2.05, 4.69) is 54.5 Å². The molecule has 0 aliphatic carbocycles. The summed E-state index contributed by atoms with van der Waals surface area (Å²) < 4.78 is 18.9. The molecule has 1 aliphatic heterocycles. The standard InChI is InChI=1S/C22H42ClNO4Si/c1-16(2)29(17(3)4,18(5)6)26-14-19(7)21-9-8-11-22(15-24,28-21)27-20(13-25)10-12-23/h16-21,25H,8-14H2,1-7H3/t19-,20-,21-,22-/m0/s1. The van der Waals surface area contributed by atoms with E-state index in [1.807, 2.05) is 0 Å². The molecule has 0 amide bonds. The van der Waals surface area contributed by atoms with Crippen molar-refractivity contribution in [2.24, 2.45) is 5.92 Å². The summed E-state index contributed by atoms with van der Waals surface area (Å²) in [7, 11) is -1.94. The van der Waals surface area contributed by atoms with Gasteiger partial charge < -0.3 is 19.0 Å². The topological polar surface area (TPSA) is 71.7 Å². The summed E-state index contributed by atoms with van der Waals surface area (Å²) in [5.41, 5.74) is 1.60. The number of alkyl halides is 1. The molecule has 1 N–H and O–H groups in total. The van der Waals surface area contributed by atoms with Gasteiger partial charge in [-0.25, -0.2) is 0 Å². The summed E-state index contributed by atoms with van der Waals surface area (Å²) >= 11 is 5.79. The Labute approximate surface area is 184 Å². The molecule has 0 radical (unpaired) electrons. The van der Waals surface area contributed by atoms with E-state index < -0.39 is 20.2 Å². The first-order valence-corrected chi connectivity index (χ1v) is 13.8. The fraction of sp³-hybridized carbons (Fsp3) is 0.955. The molecule has 1 heterocycles. The monoisotopic (exact) mass is 447 g/mol. The third-order valence-electron chi connectivity index (χ3n) is 6.44. The van der Waals surface area contributed by atoms with Crippen LogP contribution in [0, 0.1) is 17.2 Å². The molecule has 5 nitrogen and oxygen atoms in total. The van der Waals surface area contributed by atoms with E-state index in [9.17, 15) is 10.4 Å². The van der Waals surface area contributed by atoms with Crippen molar-refractivity contribution in [2.75, 3.05) is 19.1 Å². The second-order valence-electron chi connectivity index (χ2n) is 9.42. The largest absolute Gasteiger partial charge is 0.416 e. The molecule has 170 valence electrons. The molecule has 1 rings (SSSR count). The third kappa shape index (κ3) is 6.66. The minimum absolute atomic E-state index is 0.100. The summed E-state index contributed by atoms with van der Waals surface area (Å²) in [5, 5.41) is 19.3. The maximum absolute atomic E-state index is 9.79. The number of nitriles is 1. The van der Waals surface area contributed by atoms with Crippen molar-refractivity contribution >= 4 is 19.9 Å². The molecule has 1 saturated heterocycles. The molecule has 29 heavy (non-hydrogen) atoms. The van der Waals surface area contributed by atoms with Gasteiger partial charge >= 0.3 is 0 Å². The van der Waals surface area contributed by atoms with E-state index in [1.54, 1.807) is 0 Å². The predicted molar refractivity (Wildman–Crippen MR) is 121 cm³/mol. The molecule has 4 atom stereocenters. The first kappa shape index (κ1) is 26.9. The fourth-order valence-corrected chi connectivity index (χ4v) is 10.8. The minimum atomic E-state index is -1.94. The van der Waals surface area contributed by atoms with Crippen molar-refractivity contribution < 1.29 is 19.0 Å². The van der Waals surface area contributed by atoms with Crippen LogP contribution >= 0.6 is 11.6 Å². The van der Waals surface area contributed by atoms with Crippen LogP contribution in [-0.2, 0) is 13.9 Å². The van der Waals surface area contributed by atoms with Crippen LogP contribution in [0.4, 0.5) is 0 Å². The summed E-state index contributed by atoms with van der Waals surface area (Å²) in [6.45, 7) is 16.3. The molecular weight excluding hydrogens is 406 g/mol. The van der Waals surface area contributed by atoms with Crippen LogP contribution < -0.4 is 0 Å². The Bertz CT molecular complexity index is 504. The van der Waals surface area contributed by atoms with Crippen molar-refractivity contribution in [1.29, 1.82) is 5.26 Å². The number of hydrogen-bond donors (Lipinski definition) is 1. The van der Waals surface area contributed by atoms with E-state index in [0.29, 0.717) is 42.0 Å². The van der Waals surface area contributed by atoms with E-state index in [4.69, 9.17) is 25.5 Å². The Morgan fingerprint density at radius 2 is 1.76 bits per heavy atom. The zero-order valence-electron chi connectivity index (χ0n) is 19.4. The molecule has 1 aliphatic rings. The number of nitrogens with zero attached hydrogens (tertiary/aromatic N) is 1. The average molecular weight is 448 g/mol. The molecular formula is C22H42ClNO4Si. The lowest BCUT2D eigenvalue weighted by molar-refractivity contribution is -0.276. The minimum Gasteiger partial charge on any atom is -0.416 e. The van der Waals surface area contributed by atoms with Crippen molar-refractivity contribution in [3.8, 4) is 6.07 Å². The van der Waals surface area contributed by atoms with Crippen LogP contribution in [0.25, 0.3) is 0 Å². The van der Waals surface area contributed by atoms with Crippen molar-refractivity contribution in [3.05, 3.63) is 0 Å². The molecule has 1 fully saturated rings. The smallest absolute Gasteiger partial charge is 0.259 e. The van der Waals surface area contributed by atoms with Crippen LogP contribution in [0.3, 0.4) is 0 Å². The molecule has 7 heteroatoms. The Morgan fingerprint density at radius 1 is 1.17 bits per heavy atom. The van der Waals surface area contributed by atoms with Gasteiger partial charge in [0.25, 0.3) is 5.79 Å². The van der Waals surface area contributed by atoms with E-state index >= 15 is 0 Å². The van der Waals surface area contributed by atoms with Gasteiger partial charge in [-0.2, -0.15) is 5.26 Å². The first-order valence-electron chi connectivity index (χ1n) is 11.2. The highest BCUT2D eigenvalue weighted by molar-refractivity contribution is 6.77. The van der Waals surface area contributed by atoms with E-state index in [0.717, 1.165) is 12.8 Å². The van der Waals surface area contributed by atoms with Gasteiger partial charge in [0.05, 0.1) is 18.8 Å². The number of halogens is 1. The number of aliphatic hydroxyl groups is 1. The number of ether oxygens (including phenoxy) is 2. The van der Waals surface area contributed by atoms with Crippen molar-refractivity contribution in [1.82, 2.24) is 0 Å². The van der Waals surface area contributed by atoms with E-state index in [1.165, 1.54) is 0 Å². The second-order valence-corrected chi connectivity index (χ2v) is 15.3. The first-order chi connectivity index (χ1) is 13.6. The molecule has 0 aromatic carbocycles. The van der Waals surface area contributed by atoms with Gasteiger partial charge in [0.1, 0.15) is 6.07 Å². The predicted octanol–water partition coefficient (Wildman–Crippen LogP) is 5.61. The molecule has 0 aromatic heterocycles. The van der Waals surface area contributed by atoms with Gasteiger partial charge in [-0.1, -0.05) is 48.5 Å². The zero-order valence-corrected chi connectivity index (χ0v) is 21.2. The number of hydrogen-bond acceptors (Lipinski definition) is 5. The Hall–Kier alpha value is -0.163. The summed E-state index contributed by atoms with van der Waals surface area (Å²) in [6.07, 6.45) is 2.14. The maximum Gasteiger partial charge on any atom is 0.259 e. The highest BCUT2D eigenvalue weighted by atomic mass is 35.5. The molecule has 0 aromatic rings. The van der Waals surface area contributed by atoms with Gasteiger partial charge in [0.15, 0.2) is 8.32 Å². The second kappa shape index (κ2) is 12.0. The SMILES string of the molecule is CC(C)[Si](OC[C@H](C)[C@@H]1CCC[C@](C#N)(O[C@H](CO)CCCl)O1)(C(C)C)C(C)C. The lowest BCUT2D eigenvalue weighted by Gasteiger charge is -2.44. The lowest BCUT2D eigenvalue weighted by atomic mass is 9.94. The molecule has 0 bridgehead atoms. The highest BCUT2D eigenvalue weighted by Crippen LogP contribution is 2.43. The van der Waals surface area contributed by atoms with Gasteiger partial charge in [-0.15, -0.1) is 11.6 Å². The van der Waals surface area contributed by atoms with Crippen LogP contribution in [0.5, 0.6) is 0 Å². The normalized spacial score (nSPS) is 25.4. The summed E-state index contributed by atoms with van der Waals surface area (Å²) in [6, 6.07) is 2.22. The highest BCUT2D eigenvalue weighted by Gasteiger charge is 2.46. The van der Waals surface area contributed by atoms with Crippen molar-refractivity contribution in [3.63, 3.8) is 0 Å². The average Bonchev–Trinajstić information content (AvgIpc) is 2.67. The number of aliphatic hydroxyl groups excluding tert-OH is 1. The molecule has 0 unspecified atom stereocenters. The summed E-state index contributed by atoms with van der Waals surface area (Å²) in [5.74, 6) is -0.776. The van der Waals surface area contributed by atoms with Gasteiger partial charge in [0, 0.05) is 24.8 Å². The molecule has 0 spiro atoms. The van der Waals surface area contributed by atoms with Crippen LogP contribution in [0.2, 0.25) is 16.6 Å². The van der Waals surface area contributed by atoms with Gasteiger partial charge in [-0.3, -0.25) is 0 Å². The van der Waals surface area contributed by atoms with Crippen LogP contribution in [0.15, 0.2) is 0 Å². The quantitative estimate of drug-likeness (QED) is 0.311. The maximum atomic E-state index is 9.79. The van der Waals surface area contributed by atoms with Crippen molar-refractivity contribution in [2.45, 2.75) is 109 Å². The zero-order chi connectivity index (χ0) is 22.2. The lowest BCUT2D eigenvalue weighted by Crippen LogP contribution is -2.51. The van der Waals surface area contributed by atoms with Crippen LogP contribution in [0.1, 0.15) is 74.1 Å². The Kier molecular flexibility index (Phi) is 11.1.